The van der Waals surface area contributed by atoms with Crippen molar-refractivity contribution < 1.29 is 4.79 Å². The van der Waals surface area contributed by atoms with E-state index in [4.69, 9.17) is 5.26 Å². The number of nitriles is 1. The van der Waals surface area contributed by atoms with Crippen LogP contribution in [-0.4, -0.2) is 50.2 Å². The van der Waals surface area contributed by atoms with Crippen LogP contribution in [0.25, 0.3) is 0 Å². The number of nitrogens with zero attached hydrogens (tertiary/aromatic N) is 4. The van der Waals surface area contributed by atoms with Gasteiger partial charge in [0.1, 0.15) is 0 Å². The van der Waals surface area contributed by atoms with Gasteiger partial charge in [-0.25, -0.2) is 4.79 Å². The largest absolute Gasteiger partial charge is 0.372 e. The maximum Gasteiger partial charge on any atom is 0.321 e. The molecule has 3 rings (SSSR count). The van der Waals surface area contributed by atoms with Crippen molar-refractivity contribution in [3.8, 4) is 6.07 Å². The van der Waals surface area contributed by atoms with Crippen LogP contribution in [0, 0.1) is 11.3 Å². The monoisotopic (exact) mass is 377 g/mol. The molecule has 6 nitrogen and oxygen atoms in total. The normalized spacial score (nSPS) is 13.8. The lowest BCUT2D eigenvalue weighted by Crippen LogP contribution is -2.50. The molecule has 1 heterocycles. The molecular formula is C22H27N5O. The van der Waals surface area contributed by atoms with Gasteiger partial charge in [0.25, 0.3) is 0 Å². The fraction of sp³-hybridized carbons (Fsp3) is 0.364. The van der Waals surface area contributed by atoms with Crippen molar-refractivity contribution in [2.75, 3.05) is 54.4 Å². The molecule has 1 fully saturated rings. The number of hydrogen-bond donors (Lipinski definition) is 1. The lowest BCUT2D eigenvalue weighted by atomic mass is 10.2. The molecule has 0 atom stereocenters. The quantitative estimate of drug-likeness (QED) is 0.862. The minimum Gasteiger partial charge on any atom is -0.372 e. The molecule has 2 aromatic carbocycles. The van der Waals surface area contributed by atoms with Gasteiger partial charge in [0.15, 0.2) is 0 Å². The van der Waals surface area contributed by atoms with E-state index in [2.05, 4.69) is 35.0 Å². The number of anilines is 3. The van der Waals surface area contributed by atoms with Gasteiger partial charge in [-0.05, 0) is 56.3 Å². The molecule has 1 N–H and O–H groups in total. The van der Waals surface area contributed by atoms with Crippen molar-refractivity contribution in [3.63, 3.8) is 0 Å². The SMILES string of the molecule is CCN(CC)c1ccc(NC(=O)N2CCN(c3cccc(C#N)c3)CC2)cc1. The predicted octanol–water partition coefficient (Wildman–Crippen LogP) is 3.76. The molecule has 0 aliphatic carbocycles. The highest BCUT2D eigenvalue weighted by Gasteiger charge is 2.21. The molecule has 0 bridgehead atoms. The fourth-order valence-electron chi connectivity index (χ4n) is 3.49. The molecule has 0 aromatic heterocycles. The average Bonchev–Trinajstić information content (AvgIpc) is 2.76. The Morgan fingerprint density at radius 3 is 2.36 bits per heavy atom. The molecule has 6 heteroatoms. The topological polar surface area (TPSA) is 62.6 Å². The summed E-state index contributed by atoms with van der Waals surface area (Å²) in [4.78, 5) is 18.9. The zero-order valence-corrected chi connectivity index (χ0v) is 16.6. The summed E-state index contributed by atoms with van der Waals surface area (Å²) in [5.41, 5.74) is 3.67. The Bertz CT molecular complexity index is 831. The molecule has 1 saturated heterocycles. The first kappa shape index (κ1) is 19.6. The molecule has 0 saturated carbocycles. The molecule has 0 spiro atoms. The van der Waals surface area contributed by atoms with Crippen LogP contribution in [0.3, 0.4) is 0 Å². The van der Waals surface area contributed by atoms with Crippen LogP contribution < -0.4 is 15.1 Å². The van der Waals surface area contributed by atoms with E-state index in [0.717, 1.165) is 43.2 Å². The number of rotatable bonds is 5. The second-order valence-electron chi connectivity index (χ2n) is 6.79. The van der Waals surface area contributed by atoms with Gasteiger partial charge in [-0.1, -0.05) is 6.07 Å². The Kier molecular flexibility index (Phi) is 6.38. The maximum atomic E-state index is 12.6. The summed E-state index contributed by atoms with van der Waals surface area (Å²) in [6.07, 6.45) is 0. The van der Waals surface area contributed by atoms with Gasteiger partial charge in [0.2, 0.25) is 0 Å². The Morgan fingerprint density at radius 2 is 1.75 bits per heavy atom. The number of urea groups is 1. The van der Waals surface area contributed by atoms with Crippen molar-refractivity contribution in [2.45, 2.75) is 13.8 Å². The Labute approximate surface area is 167 Å². The van der Waals surface area contributed by atoms with Crippen LogP contribution in [0.4, 0.5) is 21.9 Å². The summed E-state index contributed by atoms with van der Waals surface area (Å²) < 4.78 is 0. The first-order valence-corrected chi connectivity index (χ1v) is 9.80. The molecule has 1 aliphatic rings. The van der Waals surface area contributed by atoms with Crippen LogP contribution in [-0.2, 0) is 0 Å². The zero-order chi connectivity index (χ0) is 19.9. The highest BCUT2D eigenvalue weighted by atomic mass is 16.2. The molecular weight excluding hydrogens is 350 g/mol. The van der Waals surface area contributed by atoms with E-state index < -0.39 is 0 Å². The molecule has 2 aromatic rings. The predicted molar refractivity (Wildman–Crippen MR) is 114 cm³/mol. The minimum absolute atomic E-state index is 0.0685. The summed E-state index contributed by atoms with van der Waals surface area (Å²) >= 11 is 0. The third kappa shape index (κ3) is 4.55. The van der Waals surface area contributed by atoms with Crippen LogP contribution in [0.15, 0.2) is 48.5 Å². The molecule has 0 unspecified atom stereocenters. The fourth-order valence-corrected chi connectivity index (χ4v) is 3.49. The van der Waals surface area contributed by atoms with Gasteiger partial charge in [-0.2, -0.15) is 5.26 Å². The van der Waals surface area contributed by atoms with E-state index >= 15 is 0 Å². The van der Waals surface area contributed by atoms with Crippen molar-refractivity contribution in [2.24, 2.45) is 0 Å². The third-order valence-corrected chi connectivity index (χ3v) is 5.15. The molecule has 28 heavy (non-hydrogen) atoms. The third-order valence-electron chi connectivity index (χ3n) is 5.15. The average molecular weight is 377 g/mol. The van der Waals surface area contributed by atoms with Gasteiger partial charge < -0.3 is 20.0 Å². The lowest BCUT2D eigenvalue weighted by molar-refractivity contribution is 0.208. The lowest BCUT2D eigenvalue weighted by Gasteiger charge is -2.36. The van der Waals surface area contributed by atoms with Gasteiger partial charge >= 0.3 is 6.03 Å². The van der Waals surface area contributed by atoms with Gasteiger partial charge in [0.05, 0.1) is 11.6 Å². The summed E-state index contributed by atoms with van der Waals surface area (Å²) in [5, 5.41) is 12.1. The number of carbonyl (C=O) groups is 1. The van der Waals surface area contributed by atoms with Crippen molar-refractivity contribution in [1.29, 1.82) is 5.26 Å². The Hall–Kier alpha value is -3.20. The maximum absolute atomic E-state index is 12.6. The van der Waals surface area contributed by atoms with Crippen LogP contribution in [0.1, 0.15) is 19.4 Å². The molecule has 1 aliphatic heterocycles. The minimum atomic E-state index is -0.0685. The van der Waals surface area contributed by atoms with E-state index in [1.165, 1.54) is 0 Å². The molecule has 2 amide bonds. The molecule has 0 radical (unpaired) electrons. The number of benzene rings is 2. The van der Waals surface area contributed by atoms with Crippen molar-refractivity contribution in [1.82, 2.24) is 4.90 Å². The second-order valence-corrected chi connectivity index (χ2v) is 6.79. The number of piperazine rings is 1. The number of hydrogen-bond acceptors (Lipinski definition) is 4. The summed E-state index contributed by atoms with van der Waals surface area (Å²) in [6, 6.07) is 17.7. The number of carbonyl (C=O) groups excluding carboxylic acids is 1. The van der Waals surface area contributed by atoms with Crippen molar-refractivity contribution in [3.05, 3.63) is 54.1 Å². The standard InChI is InChI=1S/C22H27N5O/c1-3-25(4-2)20-10-8-19(9-11-20)24-22(28)27-14-12-26(13-15-27)21-7-5-6-18(16-21)17-23/h5-11,16H,3-4,12-15H2,1-2H3,(H,24,28). The van der Waals surface area contributed by atoms with Gasteiger partial charge in [-0.3, -0.25) is 0 Å². The smallest absolute Gasteiger partial charge is 0.321 e. The molecule has 146 valence electrons. The van der Waals surface area contributed by atoms with E-state index in [-0.39, 0.29) is 6.03 Å². The van der Waals surface area contributed by atoms with Gasteiger partial charge in [-0.15, -0.1) is 0 Å². The van der Waals surface area contributed by atoms with E-state index in [9.17, 15) is 4.79 Å². The number of nitrogens with one attached hydrogen (secondary N) is 1. The summed E-state index contributed by atoms with van der Waals surface area (Å²) in [5.74, 6) is 0. The second kappa shape index (κ2) is 9.14. The highest BCUT2D eigenvalue weighted by Crippen LogP contribution is 2.20. The van der Waals surface area contributed by atoms with Crippen LogP contribution in [0.2, 0.25) is 0 Å². The summed E-state index contributed by atoms with van der Waals surface area (Å²) in [6.45, 7) is 9.00. The highest BCUT2D eigenvalue weighted by molar-refractivity contribution is 5.89. The Balaban J connectivity index is 1.54. The van der Waals surface area contributed by atoms with E-state index in [1.807, 2.05) is 47.4 Å². The zero-order valence-electron chi connectivity index (χ0n) is 16.6. The summed E-state index contributed by atoms with van der Waals surface area (Å²) in [7, 11) is 0. The first-order valence-electron chi connectivity index (χ1n) is 9.80. The van der Waals surface area contributed by atoms with Crippen LogP contribution in [0.5, 0.6) is 0 Å². The van der Waals surface area contributed by atoms with E-state index in [1.54, 1.807) is 6.07 Å². The van der Waals surface area contributed by atoms with Crippen molar-refractivity contribution >= 4 is 23.1 Å². The first-order chi connectivity index (χ1) is 13.6. The van der Waals surface area contributed by atoms with Crippen LogP contribution >= 0.6 is 0 Å². The van der Waals surface area contributed by atoms with Gasteiger partial charge in [0, 0.05) is 56.3 Å². The Morgan fingerprint density at radius 1 is 1.07 bits per heavy atom. The van der Waals surface area contributed by atoms with E-state index in [0.29, 0.717) is 18.7 Å². The number of amides is 2.